The normalized spacial score (nSPS) is 11.1. The molecule has 0 aliphatic heterocycles. The summed E-state index contributed by atoms with van der Waals surface area (Å²) in [5.41, 5.74) is 3.66. The lowest BCUT2D eigenvalue weighted by Gasteiger charge is -2.05. The van der Waals surface area contributed by atoms with E-state index in [1.54, 1.807) is 6.92 Å². The van der Waals surface area contributed by atoms with Crippen LogP contribution >= 0.6 is 0 Å². The van der Waals surface area contributed by atoms with Gasteiger partial charge in [0.2, 0.25) is 5.71 Å². The van der Waals surface area contributed by atoms with Gasteiger partial charge < -0.3 is 14.7 Å². The molecule has 8 nitrogen and oxygen atoms in total. The minimum atomic E-state index is -0.414. The van der Waals surface area contributed by atoms with E-state index < -0.39 is 11.5 Å². The zero-order valence-corrected chi connectivity index (χ0v) is 17.9. The first-order chi connectivity index (χ1) is 16.1. The Balaban J connectivity index is 1.45. The first kappa shape index (κ1) is 20.4. The van der Waals surface area contributed by atoms with Gasteiger partial charge in [0, 0.05) is 23.9 Å². The van der Waals surface area contributed by atoms with Crippen molar-refractivity contribution in [3.8, 4) is 11.3 Å². The fourth-order valence-corrected chi connectivity index (χ4v) is 3.87. The molecule has 0 fully saturated rings. The minimum Gasteiger partial charge on any atom is -0.442 e. The summed E-state index contributed by atoms with van der Waals surface area (Å²) < 4.78 is 7.38. The van der Waals surface area contributed by atoms with Crippen molar-refractivity contribution in [3.05, 3.63) is 106 Å². The largest absolute Gasteiger partial charge is 0.442 e. The van der Waals surface area contributed by atoms with Gasteiger partial charge in [-0.25, -0.2) is 4.98 Å². The lowest BCUT2D eigenvalue weighted by molar-refractivity contribution is 0.0951. The van der Waals surface area contributed by atoms with E-state index >= 15 is 0 Å². The average molecular weight is 439 g/mol. The molecule has 0 radical (unpaired) electrons. The highest BCUT2D eigenvalue weighted by Crippen LogP contribution is 2.24. The van der Waals surface area contributed by atoms with Gasteiger partial charge in [-0.3, -0.25) is 14.3 Å². The number of aromatic nitrogens is 4. The lowest BCUT2D eigenvalue weighted by atomic mass is 10.1. The summed E-state index contributed by atoms with van der Waals surface area (Å²) >= 11 is 0. The fourth-order valence-electron chi connectivity index (χ4n) is 3.87. The molecule has 0 saturated heterocycles. The number of H-pyrrole nitrogens is 1. The number of furan rings is 1. The maximum absolute atomic E-state index is 13.0. The predicted octanol–water partition coefficient (Wildman–Crippen LogP) is 3.67. The number of fused-ring (bicyclic) bond motifs is 1. The molecule has 164 valence electrons. The number of amides is 1. The summed E-state index contributed by atoms with van der Waals surface area (Å²) in [6.45, 7) is 2.49. The van der Waals surface area contributed by atoms with E-state index in [2.05, 4.69) is 15.3 Å². The maximum atomic E-state index is 13.0. The highest BCUT2D eigenvalue weighted by molar-refractivity contribution is 6.06. The van der Waals surface area contributed by atoms with Gasteiger partial charge in [-0.1, -0.05) is 60.7 Å². The predicted molar refractivity (Wildman–Crippen MR) is 124 cm³/mol. The minimum absolute atomic E-state index is 0.141. The molecular formula is C25H21N5O3. The van der Waals surface area contributed by atoms with Crippen LogP contribution in [0.5, 0.6) is 0 Å². The Kier molecular flexibility index (Phi) is 5.32. The van der Waals surface area contributed by atoms with Crippen molar-refractivity contribution in [3.63, 3.8) is 0 Å². The van der Waals surface area contributed by atoms with Gasteiger partial charge in [0.15, 0.2) is 0 Å². The summed E-state index contributed by atoms with van der Waals surface area (Å²) in [6, 6.07) is 19.9. The highest BCUT2D eigenvalue weighted by atomic mass is 16.3. The van der Waals surface area contributed by atoms with E-state index in [0.717, 1.165) is 22.4 Å². The van der Waals surface area contributed by atoms with Crippen LogP contribution in [0.4, 0.5) is 0 Å². The Bertz CT molecular complexity index is 1480. The van der Waals surface area contributed by atoms with Crippen LogP contribution in [0.1, 0.15) is 27.2 Å². The summed E-state index contributed by atoms with van der Waals surface area (Å²) in [5.74, 6) is -0.0608. The first-order valence-electron chi connectivity index (χ1n) is 10.5. The molecule has 3 heterocycles. The number of nitrogens with one attached hydrogen (secondary N) is 2. The van der Waals surface area contributed by atoms with Gasteiger partial charge in [-0.2, -0.15) is 5.10 Å². The molecule has 0 aliphatic rings. The zero-order valence-electron chi connectivity index (χ0n) is 17.9. The van der Waals surface area contributed by atoms with E-state index in [0.29, 0.717) is 12.3 Å². The van der Waals surface area contributed by atoms with Crippen LogP contribution in [-0.2, 0) is 13.1 Å². The van der Waals surface area contributed by atoms with Gasteiger partial charge in [0.1, 0.15) is 11.1 Å². The van der Waals surface area contributed by atoms with E-state index in [4.69, 9.17) is 9.52 Å². The number of aromatic amines is 1. The van der Waals surface area contributed by atoms with Crippen molar-refractivity contribution in [1.29, 1.82) is 0 Å². The third-order valence-corrected chi connectivity index (χ3v) is 5.41. The number of hydrogen-bond acceptors (Lipinski definition) is 5. The molecular weight excluding hydrogens is 418 g/mol. The van der Waals surface area contributed by atoms with Crippen molar-refractivity contribution >= 4 is 17.0 Å². The van der Waals surface area contributed by atoms with Gasteiger partial charge >= 0.3 is 0 Å². The SMILES string of the molecule is Cc1oc2nc[nH]c(=O)c2c1C(=O)NCc1cn(Cc2ccccc2)nc1-c1ccccc1. The van der Waals surface area contributed by atoms with Crippen molar-refractivity contribution in [1.82, 2.24) is 25.1 Å². The second-order valence-corrected chi connectivity index (χ2v) is 7.68. The van der Waals surface area contributed by atoms with Crippen LogP contribution in [0.2, 0.25) is 0 Å². The maximum Gasteiger partial charge on any atom is 0.262 e. The standard InChI is InChI=1S/C25H21N5O3/c1-16-20(21-24(32)27-15-28-25(21)33-16)23(31)26-12-19-14-30(13-17-8-4-2-5-9-17)29-22(19)18-10-6-3-7-11-18/h2-11,14-15H,12-13H2,1H3,(H,26,31)(H,27,28,32). The molecule has 5 rings (SSSR count). The van der Waals surface area contributed by atoms with E-state index in [1.165, 1.54) is 6.33 Å². The Labute approximate surface area is 188 Å². The summed E-state index contributed by atoms with van der Waals surface area (Å²) in [5, 5.41) is 7.84. The first-order valence-corrected chi connectivity index (χ1v) is 10.5. The molecule has 0 atom stereocenters. The van der Waals surface area contributed by atoms with Crippen LogP contribution in [-0.4, -0.2) is 25.7 Å². The van der Waals surface area contributed by atoms with Crippen LogP contribution < -0.4 is 10.9 Å². The van der Waals surface area contributed by atoms with Crippen molar-refractivity contribution in [2.45, 2.75) is 20.0 Å². The van der Waals surface area contributed by atoms with Crippen LogP contribution in [0, 0.1) is 6.92 Å². The molecule has 0 saturated carbocycles. The second kappa shape index (κ2) is 8.58. The Morgan fingerprint density at radius 3 is 2.58 bits per heavy atom. The molecule has 1 amide bonds. The van der Waals surface area contributed by atoms with E-state index in [-0.39, 0.29) is 23.2 Å². The monoisotopic (exact) mass is 439 g/mol. The number of benzene rings is 2. The average Bonchev–Trinajstić information content (AvgIpc) is 3.39. The quantitative estimate of drug-likeness (QED) is 0.420. The Hall–Kier alpha value is -4.46. The number of rotatable bonds is 6. The smallest absolute Gasteiger partial charge is 0.262 e. The van der Waals surface area contributed by atoms with Gasteiger partial charge in [-0.05, 0) is 12.5 Å². The molecule has 2 N–H and O–H groups in total. The van der Waals surface area contributed by atoms with E-state index in [1.807, 2.05) is 71.5 Å². The molecule has 0 spiro atoms. The molecule has 3 aromatic heterocycles. The zero-order chi connectivity index (χ0) is 22.8. The van der Waals surface area contributed by atoms with Crippen molar-refractivity contribution in [2.75, 3.05) is 0 Å². The molecule has 2 aromatic carbocycles. The lowest BCUT2D eigenvalue weighted by Crippen LogP contribution is -2.24. The van der Waals surface area contributed by atoms with Crippen LogP contribution in [0.25, 0.3) is 22.4 Å². The Morgan fingerprint density at radius 1 is 1.09 bits per heavy atom. The van der Waals surface area contributed by atoms with Crippen LogP contribution in [0.3, 0.4) is 0 Å². The molecule has 8 heteroatoms. The third kappa shape index (κ3) is 4.06. The molecule has 0 unspecified atom stereocenters. The highest BCUT2D eigenvalue weighted by Gasteiger charge is 2.22. The number of aryl methyl sites for hydroxylation is 1. The Morgan fingerprint density at radius 2 is 1.82 bits per heavy atom. The number of carbonyl (C=O) groups is 1. The van der Waals surface area contributed by atoms with Gasteiger partial charge in [0.05, 0.1) is 24.1 Å². The topological polar surface area (TPSA) is 106 Å². The summed E-state index contributed by atoms with van der Waals surface area (Å²) in [4.78, 5) is 31.8. The summed E-state index contributed by atoms with van der Waals surface area (Å²) in [6.07, 6.45) is 3.19. The van der Waals surface area contributed by atoms with Crippen LogP contribution in [0.15, 0.2) is 82.4 Å². The number of hydrogen-bond donors (Lipinski definition) is 2. The van der Waals surface area contributed by atoms with Crippen molar-refractivity contribution < 1.29 is 9.21 Å². The fraction of sp³-hybridized carbons (Fsp3) is 0.120. The number of carbonyl (C=O) groups excluding carboxylic acids is 1. The third-order valence-electron chi connectivity index (χ3n) is 5.41. The second-order valence-electron chi connectivity index (χ2n) is 7.68. The van der Waals surface area contributed by atoms with Gasteiger partial charge in [-0.15, -0.1) is 0 Å². The molecule has 33 heavy (non-hydrogen) atoms. The van der Waals surface area contributed by atoms with E-state index in [9.17, 15) is 9.59 Å². The molecule has 0 bridgehead atoms. The molecule has 0 aliphatic carbocycles. The van der Waals surface area contributed by atoms with Crippen molar-refractivity contribution in [2.24, 2.45) is 0 Å². The summed E-state index contributed by atoms with van der Waals surface area (Å²) in [7, 11) is 0. The van der Waals surface area contributed by atoms with Gasteiger partial charge in [0.25, 0.3) is 11.5 Å². The number of nitrogens with zero attached hydrogens (tertiary/aromatic N) is 3. The molecule has 5 aromatic rings.